The van der Waals surface area contributed by atoms with Crippen LogP contribution < -0.4 is 15.7 Å². The van der Waals surface area contributed by atoms with E-state index in [1.54, 1.807) is 0 Å². The monoisotopic (exact) mass is 812 g/mol. The van der Waals surface area contributed by atoms with Gasteiger partial charge in [0, 0.05) is 55.1 Å². The molecule has 0 radical (unpaired) electrons. The molecule has 2 aliphatic heterocycles. The summed E-state index contributed by atoms with van der Waals surface area (Å²) < 4.78 is 9.95. The number of fused-ring (bicyclic) bond motifs is 16. The fourth-order valence-corrected chi connectivity index (χ4v) is 11.7. The van der Waals surface area contributed by atoms with Gasteiger partial charge in [-0.05, 0) is 115 Å². The second-order valence-electron chi connectivity index (χ2n) is 20.9. The Morgan fingerprint density at radius 3 is 2.06 bits per heavy atom. The normalized spacial score (nSPS) is 14.7. The largest absolute Gasteiger partial charge is 0.455 e. The van der Waals surface area contributed by atoms with Crippen molar-refractivity contribution in [3.8, 4) is 39.1 Å². The molecule has 63 heavy (non-hydrogen) atoms. The fraction of sp³-hybridized carbons (Fsp3) is 0.186. The zero-order valence-corrected chi connectivity index (χ0v) is 37.3. The molecule has 0 bridgehead atoms. The van der Waals surface area contributed by atoms with E-state index in [-0.39, 0.29) is 23.1 Å². The number of aromatic nitrogens is 1. The molecule has 304 valence electrons. The second-order valence-corrected chi connectivity index (χ2v) is 20.9. The molecule has 1 aliphatic carbocycles. The standard InChI is InChI=1S/C59H49BN2O/c1-57(2,3)36-25-27-47-42(30-36)51-52-40-22-13-15-24-50(40)63-56(52)53-43-32-45-41(39-21-12-14-23-44(39)59(45,7)8)33-49(43)62(38-20-16-19-35(29-38)34-17-10-9-11-18-34)60-46-31-37(58(4,5)6)26-28-48(46)61(47)55(51)54(53)60/h9-33H,1-8H3. The van der Waals surface area contributed by atoms with Gasteiger partial charge in [0.1, 0.15) is 11.2 Å². The second kappa shape index (κ2) is 12.2. The molecule has 4 heteroatoms. The lowest BCUT2D eigenvalue weighted by Gasteiger charge is -2.43. The van der Waals surface area contributed by atoms with Crippen molar-refractivity contribution >= 4 is 72.9 Å². The highest BCUT2D eigenvalue weighted by atomic mass is 16.3. The van der Waals surface area contributed by atoms with E-state index in [0.29, 0.717) is 0 Å². The van der Waals surface area contributed by atoms with E-state index < -0.39 is 0 Å². The van der Waals surface area contributed by atoms with Crippen molar-refractivity contribution in [2.24, 2.45) is 0 Å². The summed E-state index contributed by atoms with van der Waals surface area (Å²) in [5.74, 6) is 0. The summed E-state index contributed by atoms with van der Waals surface area (Å²) in [6.07, 6.45) is 0. The number of para-hydroxylation sites is 1. The lowest BCUT2D eigenvalue weighted by molar-refractivity contribution is 0.590. The minimum Gasteiger partial charge on any atom is -0.455 e. The van der Waals surface area contributed by atoms with Crippen LogP contribution in [0.4, 0.5) is 11.4 Å². The number of anilines is 2. The zero-order valence-electron chi connectivity index (χ0n) is 37.3. The molecule has 0 spiro atoms. The van der Waals surface area contributed by atoms with Crippen LogP contribution >= 0.6 is 0 Å². The average Bonchev–Trinajstić information content (AvgIpc) is 3.90. The number of rotatable bonds is 2. The van der Waals surface area contributed by atoms with Crippen molar-refractivity contribution in [2.45, 2.75) is 71.6 Å². The van der Waals surface area contributed by atoms with Gasteiger partial charge in [-0.1, -0.05) is 159 Å². The first-order chi connectivity index (χ1) is 30.3. The van der Waals surface area contributed by atoms with E-state index in [0.717, 1.165) is 16.6 Å². The van der Waals surface area contributed by atoms with Gasteiger partial charge in [-0.2, -0.15) is 0 Å². The lowest BCUT2D eigenvalue weighted by Crippen LogP contribution is -2.60. The Morgan fingerprint density at radius 2 is 1.25 bits per heavy atom. The van der Waals surface area contributed by atoms with E-state index >= 15 is 0 Å². The molecule has 3 nitrogen and oxygen atoms in total. The highest BCUT2D eigenvalue weighted by molar-refractivity contribution is 6.94. The van der Waals surface area contributed by atoms with Crippen molar-refractivity contribution in [2.75, 3.05) is 4.81 Å². The van der Waals surface area contributed by atoms with Crippen LogP contribution in [0.3, 0.4) is 0 Å². The Kier molecular flexibility index (Phi) is 7.15. The van der Waals surface area contributed by atoms with Crippen LogP contribution in [0, 0.1) is 0 Å². The molecule has 0 saturated heterocycles. The minimum atomic E-state index is -0.184. The predicted molar refractivity (Wildman–Crippen MR) is 267 cm³/mol. The van der Waals surface area contributed by atoms with Gasteiger partial charge in [0.15, 0.2) is 0 Å². The van der Waals surface area contributed by atoms with Crippen LogP contribution in [0.5, 0.6) is 0 Å². The Morgan fingerprint density at radius 1 is 0.540 bits per heavy atom. The molecular weight excluding hydrogens is 763 g/mol. The van der Waals surface area contributed by atoms with E-state index in [9.17, 15) is 0 Å². The SMILES string of the molecule is CC(C)(C)c1ccc2c(c1)B1c3c(c4oc5ccccc5c4c4c5cc(C(C)(C)C)ccc5n-2c34)-c2cc3c(cc2N1c1cccc(-c2ccccc2)c1)-c1ccccc1C3(C)C. The van der Waals surface area contributed by atoms with Crippen molar-refractivity contribution in [3.05, 3.63) is 174 Å². The van der Waals surface area contributed by atoms with Crippen LogP contribution in [0.1, 0.15) is 77.6 Å². The molecule has 0 saturated carbocycles. The van der Waals surface area contributed by atoms with Gasteiger partial charge < -0.3 is 13.8 Å². The molecule has 0 atom stereocenters. The van der Waals surface area contributed by atoms with Gasteiger partial charge in [-0.3, -0.25) is 0 Å². The number of hydrogen-bond acceptors (Lipinski definition) is 2. The van der Waals surface area contributed by atoms with Crippen LogP contribution in [0.15, 0.2) is 156 Å². The van der Waals surface area contributed by atoms with Gasteiger partial charge in [0.05, 0.1) is 11.0 Å². The van der Waals surface area contributed by atoms with E-state index in [2.05, 4.69) is 216 Å². The van der Waals surface area contributed by atoms with E-state index in [1.165, 1.54) is 111 Å². The van der Waals surface area contributed by atoms with Gasteiger partial charge >= 0.3 is 6.85 Å². The molecular formula is C59H49BN2O. The first-order valence-corrected chi connectivity index (χ1v) is 22.6. The molecule has 13 rings (SSSR count). The van der Waals surface area contributed by atoms with Gasteiger partial charge in [-0.25, -0.2) is 0 Å². The first-order valence-electron chi connectivity index (χ1n) is 22.6. The summed E-state index contributed by atoms with van der Waals surface area (Å²) in [6, 6.07) is 57.5. The molecule has 0 unspecified atom stereocenters. The molecule has 0 amide bonds. The predicted octanol–water partition coefficient (Wildman–Crippen LogP) is 14.5. The smallest absolute Gasteiger partial charge is 0.333 e. The Balaban J connectivity index is 1.27. The van der Waals surface area contributed by atoms with E-state index in [4.69, 9.17) is 4.42 Å². The van der Waals surface area contributed by atoms with Crippen molar-refractivity contribution in [1.82, 2.24) is 4.57 Å². The molecule has 0 fully saturated rings. The zero-order chi connectivity index (χ0) is 42.9. The molecule has 4 heterocycles. The summed E-state index contributed by atoms with van der Waals surface area (Å²) >= 11 is 0. The highest BCUT2D eigenvalue weighted by Crippen LogP contribution is 2.56. The third-order valence-corrected chi connectivity index (χ3v) is 14.9. The van der Waals surface area contributed by atoms with Crippen LogP contribution in [-0.2, 0) is 16.2 Å². The van der Waals surface area contributed by atoms with Crippen LogP contribution in [0.25, 0.3) is 82.8 Å². The number of furan rings is 1. The Bertz CT molecular complexity index is 3630. The Labute approximate surface area is 369 Å². The highest BCUT2D eigenvalue weighted by Gasteiger charge is 2.48. The maximum Gasteiger partial charge on any atom is 0.333 e. The summed E-state index contributed by atoms with van der Waals surface area (Å²) in [6.45, 7) is 18.6. The maximum atomic E-state index is 7.33. The maximum absolute atomic E-state index is 7.33. The van der Waals surface area contributed by atoms with Crippen molar-refractivity contribution in [1.29, 1.82) is 0 Å². The lowest BCUT2D eigenvalue weighted by atomic mass is 9.43. The quantitative estimate of drug-likeness (QED) is 0.162. The molecule has 2 aromatic heterocycles. The summed E-state index contributed by atoms with van der Waals surface area (Å²) in [5, 5.41) is 4.92. The minimum absolute atomic E-state index is 0.0269. The van der Waals surface area contributed by atoms with Crippen molar-refractivity contribution in [3.63, 3.8) is 0 Å². The number of hydrogen-bond donors (Lipinski definition) is 0. The Hall–Kier alpha value is -6.78. The first kappa shape index (κ1) is 36.8. The van der Waals surface area contributed by atoms with Crippen molar-refractivity contribution < 1.29 is 4.42 Å². The molecule has 3 aliphatic rings. The summed E-state index contributed by atoms with van der Waals surface area (Å²) in [5.41, 5.74) is 23.3. The summed E-state index contributed by atoms with van der Waals surface area (Å²) in [4.78, 5) is 2.69. The van der Waals surface area contributed by atoms with Gasteiger partial charge in [-0.15, -0.1) is 0 Å². The molecule has 10 aromatic rings. The van der Waals surface area contributed by atoms with Gasteiger partial charge in [0.2, 0.25) is 0 Å². The number of benzene rings is 8. The third-order valence-electron chi connectivity index (χ3n) is 14.9. The van der Waals surface area contributed by atoms with Crippen LogP contribution in [-0.4, -0.2) is 11.4 Å². The average molecular weight is 813 g/mol. The van der Waals surface area contributed by atoms with E-state index in [1.807, 2.05) is 0 Å². The topological polar surface area (TPSA) is 21.3 Å². The fourth-order valence-electron chi connectivity index (χ4n) is 11.7. The van der Waals surface area contributed by atoms with Gasteiger partial charge in [0.25, 0.3) is 0 Å². The summed E-state index contributed by atoms with van der Waals surface area (Å²) in [7, 11) is 0. The van der Waals surface area contributed by atoms with Crippen LogP contribution in [0.2, 0.25) is 0 Å². The number of nitrogens with zero attached hydrogens (tertiary/aromatic N) is 2. The molecule has 8 aromatic carbocycles. The molecule has 0 N–H and O–H groups in total. The third kappa shape index (κ3) is 4.87.